The molecule has 0 aromatic carbocycles. The molecule has 4 nitrogen and oxygen atoms in total. The smallest absolute Gasteiger partial charge is 0.238 e. The van der Waals surface area contributed by atoms with E-state index in [1.54, 1.807) is 18.6 Å². The molecule has 74 valence electrons. The number of hydrogen-bond acceptors (Lipinski definition) is 3. The minimum absolute atomic E-state index is 0.246. The molecule has 1 atom stereocenters. The normalized spacial score (nSPS) is 11.7. The molecule has 14 heavy (non-hydrogen) atoms. The maximum Gasteiger partial charge on any atom is 0.238 e. The van der Waals surface area contributed by atoms with E-state index in [1.165, 1.54) is 0 Å². The highest BCUT2D eigenvalue weighted by atomic mass is 16.3. The highest BCUT2D eigenvalue weighted by molar-refractivity contribution is 5.81. The quantitative estimate of drug-likeness (QED) is 0.672. The lowest BCUT2D eigenvalue weighted by molar-refractivity contribution is -0.122. The van der Waals surface area contributed by atoms with Crippen molar-refractivity contribution in [2.75, 3.05) is 0 Å². The number of amides is 1. The van der Waals surface area contributed by atoms with Gasteiger partial charge in [-0.25, -0.2) is 0 Å². The molecule has 0 bridgehead atoms. The number of carbonyl (C=O) groups is 1. The minimum Gasteiger partial charge on any atom is -0.472 e. The lowest BCUT2D eigenvalue weighted by atomic mass is 10.2. The van der Waals surface area contributed by atoms with Crippen LogP contribution in [0.3, 0.4) is 0 Å². The molecule has 0 saturated heterocycles. The van der Waals surface area contributed by atoms with Gasteiger partial charge in [-0.15, -0.1) is 12.3 Å². The van der Waals surface area contributed by atoms with E-state index in [0.29, 0.717) is 6.54 Å². The summed E-state index contributed by atoms with van der Waals surface area (Å²) in [7, 11) is 0. The Labute approximate surface area is 82.5 Å². The van der Waals surface area contributed by atoms with Gasteiger partial charge in [-0.1, -0.05) is 0 Å². The second-order valence-electron chi connectivity index (χ2n) is 2.86. The highest BCUT2D eigenvalue weighted by Crippen LogP contribution is 1.98. The molecule has 1 rings (SSSR count). The fourth-order valence-corrected chi connectivity index (χ4v) is 0.933. The number of nitrogens with one attached hydrogen (secondary N) is 1. The molecule has 4 heteroatoms. The van der Waals surface area contributed by atoms with Crippen molar-refractivity contribution in [3.8, 4) is 12.3 Å². The molecule has 0 aliphatic carbocycles. The van der Waals surface area contributed by atoms with Crippen LogP contribution in [0.4, 0.5) is 0 Å². The summed E-state index contributed by atoms with van der Waals surface area (Å²) in [6, 6.07) is 1.14. The summed E-state index contributed by atoms with van der Waals surface area (Å²) < 4.78 is 4.84. The molecule has 1 unspecified atom stereocenters. The molecule has 1 heterocycles. The Hall–Kier alpha value is -1.73. The first kappa shape index (κ1) is 10.4. The molecule has 0 spiro atoms. The molecular formula is C10H12N2O2. The van der Waals surface area contributed by atoms with Gasteiger partial charge < -0.3 is 15.5 Å². The summed E-state index contributed by atoms with van der Waals surface area (Å²) in [6.45, 7) is 0.410. The summed E-state index contributed by atoms with van der Waals surface area (Å²) in [5.41, 5.74) is 6.38. The molecule has 0 aliphatic heterocycles. The van der Waals surface area contributed by atoms with Crippen LogP contribution in [0.15, 0.2) is 23.0 Å². The van der Waals surface area contributed by atoms with Crippen LogP contribution in [-0.4, -0.2) is 11.9 Å². The maximum absolute atomic E-state index is 11.3. The van der Waals surface area contributed by atoms with Crippen molar-refractivity contribution < 1.29 is 9.21 Å². The van der Waals surface area contributed by atoms with Crippen molar-refractivity contribution in [1.82, 2.24) is 5.32 Å². The van der Waals surface area contributed by atoms with Crippen molar-refractivity contribution in [2.24, 2.45) is 5.73 Å². The van der Waals surface area contributed by atoms with Crippen molar-refractivity contribution in [3.05, 3.63) is 24.2 Å². The van der Waals surface area contributed by atoms with Crippen LogP contribution in [0.1, 0.15) is 12.0 Å². The van der Waals surface area contributed by atoms with E-state index >= 15 is 0 Å². The van der Waals surface area contributed by atoms with Gasteiger partial charge in [-0.05, 0) is 6.07 Å². The van der Waals surface area contributed by atoms with Crippen LogP contribution >= 0.6 is 0 Å². The molecule has 0 saturated carbocycles. The van der Waals surface area contributed by atoms with Crippen molar-refractivity contribution >= 4 is 5.91 Å². The zero-order valence-electron chi connectivity index (χ0n) is 7.69. The summed E-state index contributed by atoms with van der Waals surface area (Å²) in [6.07, 6.45) is 8.39. The first-order valence-electron chi connectivity index (χ1n) is 4.22. The summed E-state index contributed by atoms with van der Waals surface area (Å²) in [5, 5.41) is 2.65. The van der Waals surface area contributed by atoms with E-state index in [4.69, 9.17) is 16.6 Å². The summed E-state index contributed by atoms with van der Waals surface area (Å²) >= 11 is 0. The van der Waals surface area contributed by atoms with Gasteiger partial charge in [-0.3, -0.25) is 4.79 Å². The van der Waals surface area contributed by atoms with Crippen molar-refractivity contribution in [1.29, 1.82) is 0 Å². The van der Waals surface area contributed by atoms with Gasteiger partial charge in [0.2, 0.25) is 5.91 Å². The first-order chi connectivity index (χ1) is 6.74. The first-order valence-corrected chi connectivity index (χ1v) is 4.22. The highest BCUT2D eigenvalue weighted by Gasteiger charge is 2.10. The Morgan fingerprint density at radius 2 is 2.57 bits per heavy atom. The molecule has 0 aliphatic rings. The molecule has 1 aromatic rings. The van der Waals surface area contributed by atoms with Crippen LogP contribution < -0.4 is 11.1 Å². The van der Waals surface area contributed by atoms with Crippen molar-refractivity contribution in [3.63, 3.8) is 0 Å². The van der Waals surface area contributed by atoms with Gasteiger partial charge in [0, 0.05) is 18.5 Å². The maximum atomic E-state index is 11.3. The van der Waals surface area contributed by atoms with Gasteiger partial charge in [0.25, 0.3) is 0 Å². The van der Waals surface area contributed by atoms with E-state index in [1.807, 2.05) is 0 Å². The second-order valence-corrected chi connectivity index (χ2v) is 2.86. The monoisotopic (exact) mass is 192 g/mol. The van der Waals surface area contributed by atoms with Crippen LogP contribution in [0, 0.1) is 12.3 Å². The van der Waals surface area contributed by atoms with E-state index in [0.717, 1.165) is 5.56 Å². The Morgan fingerprint density at radius 1 is 1.79 bits per heavy atom. The molecule has 3 N–H and O–H groups in total. The van der Waals surface area contributed by atoms with Crippen LogP contribution in [-0.2, 0) is 11.3 Å². The molecular weight excluding hydrogens is 180 g/mol. The Balaban J connectivity index is 2.32. The SMILES string of the molecule is C#CCC(N)C(=O)NCc1ccoc1. The third-order valence-corrected chi connectivity index (χ3v) is 1.72. The van der Waals surface area contributed by atoms with E-state index in [9.17, 15) is 4.79 Å². The lowest BCUT2D eigenvalue weighted by Gasteiger charge is -2.07. The zero-order chi connectivity index (χ0) is 10.4. The number of terminal acetylenes is 1. The third kappa shape index (κ3) is 2.96. The summed E-state index contributed by atoms with van der Waals surface area (Å²) in [4.78, 5) is 11.3. The average Bonchev–Trinajstić information content (AvgIpc) is 2.67. The molecule has 0 fully saturated rings. The zero-order valence-corrected chi connectivity index (χ0v) is 7.69. The van der Waals surface area contributed by atoms with E-state index in [2.05, 4.69) is 11.2 Å². The van der Waals surface area contributed by atoms with Gasteiger partial charge in [0.1, 0.15) is 0 Å². The Morgan fingerprint density at radius 3 is 3.14 bits per heavy atom. The van der Waals surface area contributed by atoms with Crippen LogP contribution in [0.5, 0.6) is 0 Å². The Kier molecular flexibility index (Phi) is 3.77. The predicted octanol–water partition coefficient (Wildman–Crippen LogP) is 0.246. The topological polar surface area (TPSA) is 68.3 Å². The fourth-order valence-electron chi connectivity index (χ4n) is 0.933. The number of furan rings is 1. The number of rotatable bonds is 4. The van der Waals surface area contributed by atoms with Crippen LogP contribution in [0.2, 0.25) is 0 Å². The number of hydrogen-bond donors (Lipinski definition) is 2. The van der Waals surface area contributed by atoms with Gasteiger partial charge in [0.05, 0.1) is 18.6 Å². The fraction of sp³-hybridized carbons (Fsp3) is 0.300. The largest absolute Gasteiger partial charge is 0.472 e. The van der Waals surface area contributed by atoms with Gasteiger partial charge >= 0.3 is 0 Å². The molecule has 0 radical (unpaired) electrons. The van der Waals surface area contributed by atoms with Crippen molar-refractivity contribution in [2.45, 2.75) is 19.0 Å². The standard InChI is InChI=1S/C10H12N2O2/c1-2-3-9(11)10(13)12-6-8-4-5-14-7-8/h1,4-5,7,9H,3,6,11H2,(H,12,13). The number of carbonyl (C=O) groups excluding carboxylic acids is 1. The number of nitrogens with two attached hydrogens (primary N) is 1. The van der Waals surface area contributed by atoms with E-state index < -0.39 is 6.04 Å². The van der Waals surface area contributed by atoms with E-state index in [-0.39, 0.29) is 12.3 Å². The lowest BCUT2D eigenvalue weighted by Crippen LogP contribution is -2.39. The predicted molar refractivity (Wildman–Crippen MR) is 52.0 cm³/mol. The minimum atomic E-state index is -0.632. The second kappa shape index (κ2) is 5.10. The third-order valence-electron chi connectivity index (χ3n) is 1.72. The molecule has 1 aromatic heterocycles. The molecule has 1 amide bonds. The Bertz CT molecular complexity index is 324. The van der Waals surface area contributed by atoms with Gasteiger partial charge in [0.15, 0.2) is 0 Å². The average molecular weight is 192 g/mol. The van der Waals surface area contributed by atoms with Gasteiger partial charge in [-0.2, -0.15) is 0 Å². The summed E-state index contributed by atoms with van der Waals surface area (Å²) in [5.74, 6) is 2.09. The van der Waals surface area contributed by atoms with Crippen LogP contribution in [0.25, 0.3) is 0 Å².